The number of halogens is 3. The second kappa shape index (κ2) is 7.14. The van der Waals surface area contributed by atoms with Gasteiger partial charge in [-0.05, 0) is 30.5 Å². The fourth-order valence-electron chi connectivity index (χ4n) is 1.64. The summed E-state index contributed by atoms with van der Waals surface area (Å²) in [6, 6.07) is 5.23. The van der Waals surface area contributed by atoms with Gasteiger partial charge in [0.05, 0.1) is 7.11 Å². The van der Waals surface area contributed by atoms with E-state index < -0.39 is 6.36 Å². The van der Waals surface area contributed by atoms with Crippen LogP contribution in [0.2, 0.25) is 0 Å². The second-order valence-electron chi connectivity index (χ2n) is 4.27. The van der Waals surface area contributed by atoms with E-state index >= 15 is 0 Å². The number of hydrogen-bond donors (Lipinski definition) is 1. The number of carbonyl (C=O) groups is 1. The molecule has 2 N–H and O–H groups in total. The third-order valence-electron chi connectivity index (χ3n) is 2.60. The van der Waals surface area contributed by atoms with Crippen molar-refractivity contribution in [2.45, 2.75) is 31.7 Å². The number of nitrogens with two attached hydrogens (primary N) is 1. The number of methoxy groups -OCH3 is 1. The first kappa shape index (κ1) is 16.3. The van der Waals surface area contributed by atoms with Crippen LogP contribution in [0, 0.1) is 0 Å². The van der Waals surface area contributed by atoms with Crippen LogP contribution in [0.5, 0.6) is 5.75 Å². The SMILES string of the molecule is COC(=O)CCC(N)Cc1ccc(OC(F)(F)F)cc1. The zero-order chi connectivity index (χ0) is 15.2. The second-order valence-corrected chi connectivity index (χ2v) is 4.27. The zero-order valence-electron chi connectivity index (χ0n) is 10.9. The number of alkyl halides is 3. The summed E-state index contributed by atoms with van der Waals surface area (Å²) >= 11 is 0. The summed E-state index contributed by atoms with van der Waals surface area (Å²) < 4.78 is 44.2. The Kier molecular flexibility index (Phi) is 5.82. The molecule has 0 bridgehead atoms. The quantitative estimate of drug-likeness (QED) is 0.818. The monoisotopic (exact) mass is 291 g/mol. The molecular weight excluding hydrogens is 275 g/mol. The fraction of sp³-hybridized carbons (Fsp3) is 0.462. The van der Waals surface area contributed by atoms with Crippen LogP contribution >= 0.6 is 0 Å². The van der Waals surface area contributed by atoms with Crippen molar-refractivity contribution in [1.82, 2.24) is 0 Å². The van der Waals surface area contributed by atoms with Crippen molar-refractivity contribution in [3.8, 4) is 5.75 Å². The maximum absolute atomic E-state index is 12.0. The number of rotatable bonds is 6. The first-order valence-corrected chi connectivity index (χ1v) is 5.97. The van der Waals surface area contributed by atoms with Crippen molar-refractivity contribution in [1.29, 1.82) is 0 Å². The van der Waals surface area contributed by atoms with E-state index in [0.29, 0.717) is 12.8 Å². The smallest absolute Gasteiger partial charge is 0.469 e. The van der Waals surface area contributed by atoms with Gasteiger partial charge in [-0.2, -0.15) is 0 Å². The van der Waals surface area contributed by atoms with Crippen LogP contribution in [0.15, 0.2) is 24.3 Å². The molecule has 1 atom stereocenters. The van der Waals surface area contributed by atoms with E-state index in [2.05, 4.69) is 9.47 Å². The third kappa shape index (κ3) is 6.42. The average molecular weight is 291 g/mol. The molecule has 1 aromatic rings. The molecule has 0 amide bonds. The molecule has 1 rings (SSSR count). The predicted molar refractivity (Wildman–Crippen MR) is 66.1 cm³/mol. The van der Waals surface area contributed by atoms with Crippen LogP contribution in [0.4, 0.5) is 13.2 Å². The molecule has 0 aliphatic carbocycles. The Morgan fingerprint density at radius 2 is 1.90 bits per heavy atom. The van der Waals surface area contributed by atoms with Crippen LogP contribution in [-0.4, -0.2) is 25.5 Å². The Morgan fingerprint density at radius 3 is 2.40 bits per heavy atom. The van der Waals surface area contributed by atoms with E-state index in [1.165, 1.54) is 31.4 Å². The van der Waals surface area contributed by atoms with E-state index in [9.17, 15) is 18.0 Å². The Morgan fingerprint density at radius 1 is 1.30 bits per heavy atom. The minimum Gasteiger partial charge on any atom is -0.469 e. The Bertz CT molecular complexity index is 431. The van der Waals surface area contributed by atoms with E-state index in [-0.39, 0.29) is 24.2 Å². The Labute approximate surface area is 114 Å². The lowest BCUT2D eigenvalue weighted by Crippen LogP contribution is -2.24. The van der Waals surface area contributed by atoms with Crippen LogP contribution in [0.25, 0.3) is 0 Å². The molecule has 0 saturated heterocycles. The van der Waals surface area contributed by atoms with Gasteiger partial charge >= 0.3 is 12.3 Å². The van der Waals surface area contributed by atoms with Gasteiger partial charge in [0, 0.05) is 12.5 Å². The van der Waals surface area contributed by atoms with Crippen LogP contribution in [-0.2, 0) is 16.0 Å². The lowest BCUT2D eigenvalue weighted by atomic mass is 10.0. The average Bonchev–Trinajstić information content (AvgIpc) is 2.36. The normalized spacial score (nSPS) is 12.8. The van der Waals surface area contributed by atoms with Crippen molar-refractivity contribution in [3.63, 3.8) is 0 Å². The number of esters is 1. The van der Waals surface area contributed by atoms with Crippen LogP contribution in [0.1, 0.15) is 18.4 Å². The molecule has 1 unspecified atom stereocenters. The van der Waals surface area contributed by atoms with Crippen LogP contribution in [0.3, 0.4) is 0 Å². The summed E-state index contributed by atoms with van der Waals surface area (Å²) in [6.07, 6.45) is -3.57. The maximum Gasteiger partial charge on any atom is 0.573 e. The predicted octanol–water partition coefficient (Wildman–Crippen LogP) is 2.41. The van der Waals surface area contributed by atoms with Crippen molar-refractivity contribution < 1.29 is 27.4 Å². The molecule has 0 aliphatic rings. The standard InChI is InChI=1S/C13H16F3NO3/c1-19-12(18)7-4-10(17)8-9-2-5-11(6-3-9)20-13(14,15)16/h2-3,5-6,10H,4,7-8,17H2,1H3. The van der Waals surface area contributed by atoms with Gasteiger partial charge in [-0.25, -0.2) is 0 Å². The number of ether oxygens (including phenoxy) is 2. The molecule has 0 aromatic heterocycles. The lowest BCUT2D eigenvalue weighted by Gasteiger charge is -2.12. The molecule has 20 heavy (non-hydrogen) atoms. The Hall–Kier alpha value is -1.76. The van der Waals surface area contributed by atoms with Gasteiger partial charge in [0.1, 0.15) is 5.75 Å². The molecule has 0 saturated carbocycles. The van der Waals surface area contributed by atoms with E-state index in [4.69, 9.17) is 5.73 Å². The summed E-state index contributed by atoms with van der Waals surface area (Å²) in [4.78, 5) is 10.9. The molecule has 1 aromatic carbocycles. The third-order valence-corrected chi connectivity index (χ3v) is 2.60. The number of benzene rings is 1. The summed E-state index contributed by atoms with van der Waals surface area (Å²) in [5.74, 6) is -0.612. The highest BCUT2D eigenvalue weighted by Gasteiger charge is 2.30. The van der Waals surface area contributed by atoms with Gasteiger partial charge in [0.15, 0.2) is 0 Å². The van der Waals surface area contributed by atoms with E-state index in [0.717, 1.165) is 5.56 Å². The molecular formula is C13H16F3NO3. The highest BCUT2D eigenvalue weighted by Crippen LogP contribution is 2.23. The number of carbonyl (C=O) groups excluding carboxylic acids is 1. The van der Waals surface area contributed by atoms with E-state index in [1.54, 1.807) is 0 Å². The van der Waals surface area contributed by atoms with Crippen LogP contribution < -0.4 is 10.5 Å². The van der Waals surface area contributed by atoms with E-state index in [1.807, 2.05) is 0 Å². The largest absolute Gasteiger partial charge is 0.573 e. The molecule has 112 valence electrons. The summed E-state index contributed by atoms with van der Waals surface area (Å²) in [6.45, 7) is 0. The topological polar surface area (TPSA) is 61.5 Å². The molecule has 4 nitrogen and oxygen atoms in total. The first-order valence-electron chi connectivity index (χ1n) is 5.97. The lowest BCUT2D eigenvalue weighted by molar-refractivity contribution is -0.274. The molecule has 0 fully saturated rings. The highest BCUT2D eigenvalue weighted by molar-refractivity contribution is 5.69. The summed E-state index contributed by atoms with van der Waals surface area (Å²) in [5, 5.41) is 0. The van der Waals surface area contributed by atoms with Crippen molar-refractivity contribution >= 4 is 5.97 Å². The van der Waals surface area contributed by atoms with Gasteiger partial charge < -0.3 is 15.2 Å². The highest BCUT2D eigenvalue weighted by atomic mass is 19.4. The Balaban J connectivity index is 2.46. The van der Waals surface area contributed by atoms with Gasteiger partial charge in [0.25, 0.3) is 0 Å². The molecule has 7 heteroatoms. The molecule has 0 aliphatic heterocycles. The maximum atomic E-state index is 12.0. The van der Waals surface area contributed by atoms with Gasteiger partial charge in [-0.3, -0.25) is 4.79 Å². The first-order chi connectivity index (χ1) is 9.30. The molecule has 0 radical (unpaired) electrons. The van der Waals surface area contributed by atoms with Gasteiger partial charge in [-0.1, -0.05) is 12.1 Å². The molecule has 0 spiro atoms. The summed E-state index contributed by atoms with van der Waals surface area (Å²) in [7, 11) is 1.30. The number of hydrogen-bond acceptors (Lipinski definition) is 4. The van der Waals surface area contributed by atoms with Crippen molar-refractivity contribution in [2.75, 3.05) is 7.11 Å². The zero-order valence-corrected chi connectivity index (χ0v) is 10.9. The van der Waals surface area contributed by atoms with Crippen molar-refractivity contribution in [2.24, 2.45) is 5.73 Å². The molecule has 0 heterocycles. The minimum atomic E-state index is -4.70. The van der Waals surface area contributed by atoms with Gasteiger partial charge in [-0.15, -0.1) is 13.2 Å². The minimum absolute atomic E-state index is 0.215. The fourth-order valence-corrected chi connectivity index (χ4v) is 1.64. The summed E-state index contributed by atoms with van der Waals surface area (Å²) in [5.41, 5.74) is 6.60. The van der Waals surface area contributed by atoms with Crippen molar-refractivity contribution in [3.05, 3.63) is 29.8 Å². The van der Waals surface area contributed by atoms with Gasteiger partial charge in [0.2, 0.25) is 0 Å².